The van der Waals surface area contributed by atoms with Gasteiger partial charge in [0.15, 0.2) is 0 Å². The van der Waals surface area contributed by atoms with Gasteiger partial charge in [-0.05, 0) is 61.4 Å². The van der Waals surface area contributed by atoms with Crippen LogP contribution in [0.15, 0.2) is 78.9 Å². The molecule has 0 spiro atoms. The Kier molecular flexibility index (Phi) is 13.6. The third-order valence-electron chi connectivity index (χ3n) is 7.85. The molecule has 14 heteroatoms. The number of ether oxygens (including phenoxy) is 1. The number of phenolic OH excluding ortho intramolecular Hbond substituents is 1. The van der Waals surface area contributed by atoms with Crippen LogP contribution in [0.2, 0.25) is 0 Å². The maximum atomic E-state index is 13.7. The molecule has 3 amide bonds. The number of alkyl halides is 3. The number of aliphatic carboxylic acids is 1. The van der Waals surface area contributed by atoms with Crippen molar-refractivity contribution in [2.45, 2.75) is 45.0 Å². The summed E-state index contributed by atoms with van der Waals surface area (Å²) in [6.07, 6.45) is -4.16. The van der Waals surface area contributed by atoms with Crippen molar-refractivity contribution in [2.24, 2.45) is 0 Å². The van der Waals surface area contributed by atoms with Gasteiger partial charge in [-0.3, -0.25) is 4.79 Å². The largest absolute Gasteiger partial charge is 0.542 e. The molecule has 3 aromatic rings. The number of urea groups is 1. The zero-order valence-electron chi connectivity index (χ0n) is 27.5. The van der Waals surface area contributed by atoms with Crippen LogP contribution < -0.4 is 15.7 Å². The lowest BCUT2D eigenvalue weighted by Crippen LogP contribution is -2.61. The zero-order chi connectivity index (χ0) is 36.2. The number of anilines is 1. The molecular weight excluding hydrogens is 645 g/mol. The van der Waals surface area contributed by atoms with Crippen molar-refractivity contribution in [1.82, 2.24) is 10.2 Å². The van der Waals surface area contributed by atoms with Crippen molar-refractivity contribution < 1.29 is 51.8 Å². The van der Waals surface area contributed by atoms with E-state index in [4.69, 9.17) is 14.6 Å². The van der Waals surface area contributed by atoms with Gasteiger partial charge in [0.05, 0.1) is 51.4 Å². The zero-order valence-corrected chi connectivity index (χ0v) is 27.5. The molecule has 0 bridgehead atoms. The topological polar surface area (TPSA) is 148 Å². The van der Waals surface area contributed by atoms with Gasteiger partial charge >= 0.3 is 18.2 Å². The van der Waals surface area contributed by atoms with E-state index in [0.29, 0.717) is 24.3 Å². The number of carbonyl (C=O) groups is 4. The third-order valence-corrected chi connectivity index (χ3v) is 7.85. The molecular formula is C35H41F3N4O7. The van der Waals surface area contributed by atoms with Crippen LogP contribution in [0, 0.1) is 0 Å². The third kappa shape index (κ3) is 12.8. The molecule has 1 saturated heterocycles. The molecule has 1 heterocycles. The van der Waals surface area contributed by atoms with Crippen molar-refractivity contribution >= 4 is 29.6 Å². The molecule has 49 heavy (non-hydrogen) atoms. The monoisotopic (exact) mass is 686 g/mol. The number of halogens is 3. The van der Waals surface area contributed by atoms with E-state index in [9.17, 15) is 32.7 Å². The Labute approximate surface area is 282 Å². The number of nitrogens with one attached hydrogen (secondary N) is 2. The molecule has 1 fully saturated rings. The second-order valence-electron chi connectivity index (χ2n) is 12.2. The van der Waals surface area contributed by atoms with Gasteiger partial charge < -0.3 is 39.8 Å². The van der Waals surface area contributed by atoms with Crippen molar-refractivity contribution in [3.63, 3.8) is 0 Å². The number of nitrogens with zero attached hydrogens (tertiary/aromatic N) is 2. The first kappa shape index (κ1) is 38.3. The highest BCUT2D eigenvalue weighted by molar-refractivity contribution is 5.95. The van der Waals surface area contributed by atoms with E-state index in [0.717, 1.165) is 36.1 Å². The standard InChI is InChI=1S/C33H40N4O5.C2HF3O2/c1-24(2)42-32(40)27-11-13-28(14-12-27)34-33(41)35-30(23-26-9-15-29(38)16-10-26)31(39)36-18-21-37(3,22-19-36)20-17-25-7-5-4-6-8-25;3-2(4,5)1(6)7/h4-16,24,30H,17-23H2,1-3H3,(H2-,34,35,38,40,41);(H,6,7)/t30-;/m0./s1. The summed E-state index contributed by atoms with van der Waals surface area (Å²) in [6, 6.07) is 22.1. The van der Waals surface area contributed by atoms with Crippen LogP contribution in [0.1, 0.15) is 35.3 Å². The maximum Gasteiger partial charge on any atom is 0.430 e. The smallest absolute Gasteiger partial charge is 0.430 e. The first-order chi connectivity index (χ1) is 23.0. The number of quaternary nitrogens is 1. The van der Waals surface area contributed by atoms with Gasteiger partial charge in [-0.25, -0.2) is 9.59 Å². The normalized spacial score (nSPS) is 14.6. The quantitative estimate of drug-likeness (QED) is 0.219. The molecule has 0 saturated carbocycles. The second-order valence-corrected chi connectivity index (χ2v) is 12.2. The summed E-state index contributed by atoms with van der Waals surface area (Å²) in [5.41, 5.74) is 2.99. The number of esters is 1. The number of phenols is 1. The lowest BCUT2D eigenvalue weighted by Gasteiger charge is -2.43. The lowest BCUT2D eigenvalue weighted by molar-refractivity contribution is -0.913. The molecule has 3 aromatic carbocycles. The van der Waals surface area contributed by atoms with Gasteiger partial charge in [0, 0.05) is 18.5 Å². The van der Waals surface area contributed by atoms with Gasteiger partial charge in [0.1, 0.15) is 17.8 Å². The van der Waals surface area contributed by atoms with Crippen LogP contribution in [0.5, 0.6) is 5.75 Å². The summed E-state index contributed by atoms with van der Waals surface area (Å²) in [4.78, 5) is 49.5. The van der Waals surface area contributed by atoms with E-state index in [-0.39, 0.29) is 24.2 Å². The molecule has 0 aromatic heterocycles. The number of likely N-dealkylation sites (N-methyl/N-ethyl adjacent to an activating group) is 1. The average molecular weight is 687 g/mol. The molecule has 0 unspecified atom stereocenters. The Morgan fingerprint density at radius 2 is 1.49 bits per heavy atom. The van der Waals surface area contributed by atoms with Crippen LogP contribution in [0.4, 0.5) is 23.7 Å². The highest BCUT2D eigenvalue weighted by atomic mass is 19.4. The van der Waals surface area contributed by atoms with Crippen LogP contribution in [0.3, 0.4) is 0 Å². The Hall–Kier alpha value is -5.11. The Bertz CT molecular complexity index is 1540. The minimum atomic E-state index is -5.19. The number of rotatable bonds is 10. The summed E-state index contributed by atoms with van der Waals surface area (Å²) in [7, 11) is 2.23. The van der Waals surface area contributed by atoms with Gasteiger partial charge in [-0.1, -0.05) is 42.5 Å². The number of carboxylic acids is 1. The Balaban J connectivity index is 0.000000838. The fourth-order valence-electron chi connectivity index (χ4n) is 5.02. The highest BCUT2D eigenvalue weighted by Crippen LogP contribution is 2.17. The molecule has 0 aliphatic carbocycles. The minimum absolute atomic E-state index is 0.136. The van der Waals surface area contributed by atoms with E-state index < -0.39 is 30.2 Å². The molecule has 1 aliphatic rings. The molecule has 3 N–H and O–H groups in total. The maximum absolute atomic E-state index is 13.7. The SMILES string of the molecule is CC(C)OC(=O)c1ccc(NC(=O)N[C@@H](Cc2ccc(O)cc2)C(=O)N2CC[N+](C)(CCc3ccccc3)CC2)cc1.O=C([O-])C(F)(F)F. The molecule has 1 atom stereocenters. The molecule has 4 rings (SSSR count). The number of hydrogen-bond donors (Lipinski definition) is 3. The minimum Gasteiger partial charge on any atom is -0.542 e. The molecule has 1 aliphatic heterocycles. The number of benzene rings is 3. The number of aromatic hydroxyl groups is 1. The summed E-state index contributed by atoms with van der Waals surface area (Å²) >= 11 is 0. The number of amides is 3. The average Bonchev–Trinajstić information content (AvgIpc) is 3.05. The number of carboxylic acid groups (broad SMARTS) is 1. The summed E-state index contributed by atoms with van der Waals surface area (Å²) in [5, 5.41) is 24.1. The lowest BCUT2D eigenvalue weighted by atomic mass is 10.0. The predicted octanol–water partition coefficient (Wildman–Crippen LogP) is 3.52. The van der Waals surface area contributed by atoms with Gasteiger partial charge in [0.2, 0.25) is 5.91 Å². The summed E-state index contributed by atoms with van der Waals surface area (Å²) in [5.74, 6) is -3.44. The first-order valence-electron chi connectivity index (χ1n) is 15.7. The van der Waals surface area contributed by atoms with E-state index in [1.54, 1.807) is 62.4 Å². The van der Waals surface area contributed by atoms with Crippen molar-refractivity contribution in [1.29, 1.82) is 0 Å². The van der Waals surface area contributed by atoms with Crippen LogP contribution in [-0.4, -0.2) is 96.5 Å². The highest BCUT2D eigenvalue weighted by Gasteiger charge is 2.34. The van der Waals surface area contributed by atoms with Gasteiger partial charge in [0.25, 0.3) is 0 Å². The number of piperazine rings is 1. The predicted molar refractivity (Wildman–Crippen MR) is 173 cm³/mol. The fourth-order valence-corrected chi connectivity index (χ4v) is 5.02. The molecule has 264 valence electrons. The van der Waals surface area contributed by atoms with Crippen LogP contribution in [-0.2, 0) is 27.2 Å². The van der Waals surface area contributed by atoms with E-state index in [1.165, 1.54) is 5.56 Å². The molecule has 11 nitrogen and oxygen atoms in total. The van der Waals surface area contributed by atoms with Crippen LogP contribution >= 0.6 is 0 Å². The number of carbonyl (C=O) groups excluding carboxylic acids is 4. The van der Waals surface area contributed by atoms with Gasteiger partial charge in [-0.2, -0.15) is 13.2 Å². The number of hydrogen-bond acceptors (Lipinski definition) is 7. The molecule has 0 radical (unpaired) electrons. The van der Waals surface area contributed by atoms with E-state index in [2.05, 4.69) is 41.9 Å². The fraction of sp³-hybridized carbons (Fsp3) is 0.371. The Morgan fingerprint density at radius 1 is 0.918 bits per heavy atom. The second kappa shape index (κ2) is 17.3. The Morgan fingerprint density at radius 3 is 2.02 bits per heavy atom. The summed E-state index contributed by atoms with van der Waals surface area (Å²) in [6.45, 7) is 7.44. The summed E-state index contributed by atoms with van der Waals surface area (Å²) < 4.78 is 37.6. The van der Waals surface area contributed by atoms with E-state index in [1.807, 2.05) is 11.0 Å². The first-order valence-corrected chi connectivity index (χ1v) is 15.7. The van der Waals surface area contributed by atoms with Crippen molar-refractivity contribution in [3.8, 4) is 5.75 Å². The van der Waals surface area contributed by atoms with E-state index >= 15 is 0 Å². The van der Waals surface area contributed by atoms with Crippen LogP contribution in [0.25, 0.3) is 0 Å². The van der Waals surface area contributed by atoms with Crippen molar-refractivity contribution in [2.75, 3.05) is 45.1 Å². The van der Waals surface area contributed by atoms with Gasteiger partial charge in [-0.15, -0.1) is 0 Å². The van der Waals surface area contributed by atoms with Crippen molar-refractivity contribution in [3.05, 3.63) is 95.6 Å².